The van der Waals surface area contributed by atoms with Crippen LogP contribution in [0.3, 0.4) is 0 Å². The first-order chi connectivity index (χ1) is 14.0. The van der Waals surface area contributed by atoms with Crippen LogP contribution in [0.4, 0.5) is 5.69 Å². The van der Waals surface area contributed by atoms with Crippen LogP contribution in [0.5, 0.6) is 0 Å². The number of amides is 2. The van der Waals surface area contributed by atoms with Crippen molar-refractivity contribution in [3.05, 3.63) is 59.7 Å². The molecule has 2 aromatic carbocycles. The minimum Gasteiger partial charge on any atom is -0.339 e. The van der Waals surface area contributed by atoms with E-state index in [1.54, 1.807) is 29.2 Å². The molecule has 0 atom stereocenters. The molecule has 0 aliphatic rings. The topological polar surface area (TPSA) is 93.0 Å². The first-order valence-electron chi connectivity index (χ1n) is 9.54. The monoisotopic (exact) mass is 392 g/mol. The summed E-state index contributed by atoms with van der Waals surface area (Å²) in [4.78, 5) is 27.9. The van der Waals surface area contributed by atoms with E-state index in [9.17, 15) is 9.59 Å². The van der Waals surface area contributed by atoms with Crippen LogP contribution in [0.25, 0.3) is 11.4 Å². The molecular formula is C21H24N6O2. The molecule has 0 aliphatic heterocycles. The summed E-state index contributed by atoms with van der Waals surface area (Å²) in [5, 5.41) is 15.1. The van der Waals surface area contributed by atoms with Crippen LogP contribution < -0.4 is 5.32 Å². The van der Waals surface area contributed by atoms with Gasteiger partial charge < -0.3 is 10.2 Å². The van der Waals surface area contributed by atoms with Crippen molar-refractivity contribution in [2.45, 2.75) is 27.3 Å². The molecule has 3 aromatic rings. The molecule has 1 heterocycles. The van der Waals surface area contributed by atoms with E-state index in [0.29, 0.717) is 30.2 Å². The van der Waals surface area contributed by atoms with Gasteiger partial charge in [0.25, 0.3) is 5.91 Å². The fraction of sp³-hybridized carbons (Fsp3) is 0.286. The maximum atomic E-state index is 12.5. The molecule has 0 aliphatic carbocycles. The molecule has 8 heteroatoms. The molecule has 2 amide bonds. The fourth-order valence-corrected chi connectivity index (χ4v) is 2.99. The summed E-state index contributed by atoms with van der Waals surface area (Å²) < 4.78 is 0. The van der Waals surface area contributed by atoms with E-state index in [0.717, 1.165) is 11.1 Å². The number of tetrazole rings is 1. The molecule has 0 unspecified atom stereocenters. The zero-order chi connectivity index (χ0) is 20.8. The van der Waals surface area contributed by atoms with Crippen molar-refractivity contribution in [3.8, 4) is 11.4 Å². The number of hydrogen-bond donors (Lipinski definition) is 1. The Morgan fingerprint density at radius 1 is 1.07 bits per heavy atom. The largest absolute Gasteiger partial charge is 0.339 e. The Morgan fingerprint density at radius 3 is 2.55 bits per heavy atom. The lowest BCUT2D eigenvalue weighted by Crippen LogP contribution is -2.30. The van der Waals surface area contributed by atoms with Gasteiger partial charge in [-0.05, 0) is 49.7 Å². The van der Waals surface area contributed by atoms with Gasteiger partial charge in [0.2, 0.25) is 11.7 Å². The van der Waals surface area contributed by atoms with Crippen LogP contribution >= 0.6 is 0 Å². The van der Waals surface area contributed by atoms with Crippen molar-refractivity contribution in [2.75, 3.05) is 18.4 Å². The average Bonchev–Trinajstić information content (AvgIpc) is 3.17. The molecule has 0 saturated heterocycles. The second kappa shape index (κ2) is 9.09. The Labute approximate surface area is 169 Å². The van der Waals surface area contributed by atoms with Gasteiger partial charge in [-0.15, -0.1) is 10.2 Å². The fourth-order valence-electron chi connectivity index (χ4n) is 2.99. The summed E-state index contributed by atoms with van der Waals surface area (Å²) >= 11 is 0. The molecule has 29 heavy (non-hydrogen) atoms. The third-order valence-corrected chi connectivity index (χ3v) is 4.57. The lowest BCUT2D eigenvalue weighted by molar-refractivity contribution is -0.117. The lowest BCUT2D eigenvalue weighted by Gasteiger charge is -2.19. The van der Waals surface area contributed by atoms with Crippen molar-refractivity contribution in [1.29, 1.82) is 0 Å². The predicted octanol–water partition coefficient (Wildman–Crippen LogP) is 2.77. The van der Waals surface area contributed by atoms with Gasteiger partial charge in [0.05, 0.1) is 0 Å². The molecule has 0 spiro atoms. The number of aromatic nitrogens is 4. The van der Waals surface area contributed by atoms with Crippen LogP contribution in [-0.4, -0.2) is 50.0 Å². The standard InChI is InChI=1S/C21H24N6O2/c1-4-26(5-2)21(29)16-10-8-11-17(13-16)22-19(28)14-27-24-20(23-25-27)18-12-7-6-9-15(18)3/h6-13H,4-5,14H2,1-3H3,(H,22,28). The van der Waals surface area contributed by atoms with E-state index in [1.165, 1.54) is 4.80 Å². The SMILES string of the molecule is CCN(CC)C(=O)c1cccc(NC(=O)Cn2nnc(-c3ccccc3C)n2)c1. The minimum atomic E-state index is -0.300. The van der Waals surface area contributed by atoms with E-state index >= 15 is 0 Å². The van der Waals surface area contributed by atoms with Crippen LogP contribution in [0.1, 0.15) is 29.8 Å². The number of carbonyl (C=O) groups excluding carboxylic acids is 2. The number of benzene rings is 2. The number of anilines is 1. The Hall–Kier alpha value is -3.55. The number of nitrogens with zero attached hydrogens (tertiary/aromatic N) is 5. The molecule has 1 N–H and O–H groups in total. The number of carbonyl (C=O) groups is 2. The second-order valence-electron chi connectivity index (χ2n) is 6.56. The highest BCUT2D eigenvalue weighted by Gasteiger charge is 2.14. The summed E-state index contributed by atoms with van der Waals surface area (Å²) in [6, 6.07) is 14.6. The quantitative estimate of drug-likeness (QED) is 0.667. The van der Waals surface area contributed by atoms with Gasteiger partial charge in [0, 0.05) is 29.9 Å². The Morgan fingerprint density at radius 2 is 1.83 bits per heavy atom. The molecular weight excluding hydrogens is 368 g/mol. The molecule has 0 fully saturated rings. The zero-order valence-corrected chi connectivity index (χ0v) is 16.8. The number of nitrogens with one attached hydrogen (secondary N) is 1. The minimum absolute atomic E-state index is 0.0630. The van der Waals surface area contributed by atoms with Crippen molar-refractivity contribution in [1.82, 2.24) is 25.1 Å². The maximum absolute atomic E-state index is 12.5. The van der Waals surface area contributed by atoms with Gasteiger partial charge in [-0.2, -0.15) is 4.80 Å². The third-order valence-electron chi connectivity index (χ3n) is 4.57. The van der Waals surface area contributed by atoms with Crippen LogP contribution in [0, 0.1) is 6.92 Å². The van der Waals surface area contributed by atoms with Crippen LogP contribution in [0.15, 0.2) is 48.5 Å². The van der Waals surface area contributed by atoms with E-state index < -0.39 is 0 Å². The molecule has 1 aromatic heterocycles. The molecule has 0 bridgehead atoms. The van der Waals surface area contributed by atoms with Crippen molar-refractivity contribution >= 4 is 17.5 Å². The Kier molecular flexibility index (Phi) is 6.33. The summed E-state index contributed by atoms with van der Waals surface area (Å²) in [5.74, 6) is 0.112. The van der Waals surface area contributed by atoms with Gasteiger partial charge in [0.1, 0.15) is 6.54 Å². The van der Waals surface area contributed by atoms with Gasteiger partial charge in [-0.25, -0.2) is 0 Å². The first-order valence-corrected chi connectivity index (χ1v) is 9.54. The summed E-state index contributed by atoms with van der Waals surface area (Å²) in [5.41, 5.74) is 2.99. The van der Waals surface area contributed by atoms with Crippen LogP contribution in [-0.2, 0) is 11.3 Å². The van der Waals surface area contributed by atoms with Gasteiger partial charge in [0.15, 0.2) is 0 Å². The lowest BCUT2D eigenvalue weighted by atomic mass is 10.1. The summed E-state index contributed by atoms with van der Waals surface area (Å²) in [6.07, 6.45) is 0. The number of rotatable bonds is 7. The highest BCUT2D eigenvalue weighted by Crippen LogP contribution is 2.18. The van der Waals surface area contributed by atoms with E-state index in [1.807, 2.05) is 45.0 Å². The molecule has 3 rings (SSSR count). The predicted molar refractivity (Wildman–Crippen MR) is 110 cm³/mol. The normalized spacial score (nSPS) is 10.6. The van der Waals surface area contributed by atoms with E-state index in [-0.39, 0.29) is 18.4 Å². The Balaban J connectivity index is 1.67. The summed E-state index contributed by atoms with van der Waals surface area (Å²) in [6.45, 7) is 7.02. The highest BCUT2D eigenvalue weighted by atomic mass is 16.2. The van der Waals surface area contributed by atoms with Gasteiger partial charge >= 0.3 is 0 Å². The highest BCUT2D eigenvalue weighted by molar-refractivity contribution is 5.97. The average molecular weight is 392 g/mol. The molecule has 8 nitrogen and oxygen atoms in total. The van der Waals surface area contributed by atoms with E-state index in [4.69, 9.17) is 0 Å². The Bertz CT molecular complexity index is 1010. The zero-order valence-electron chi connectivity index (χ0n) is 16.8. The van der Waals surface area contributed by atoms with Gasteiger partial charge in [-0.3, -0.25) is 9.59 Å². The van der Waals surface area contributed by atoms with Gasteiger partial charge in [-0.1, -0.05) is 30.3 Å². The molecule has 0 saturated carbocycles. The molecule has 150 valence electrons. The smallest absolute Gasteiger partial charge is 0.253 e. The number of hydrogen-bond acceptors (Lipinski definition) is 5. The van der Waals surface area contributed by atoms with Crippen molar-refractivity contribution in [2.24, 2.45) is 0 Å². The van der Waals surface area contributed by atoms with E-state index in [2.05, 4.69) is 20.7 Å². The first kappa shape index (κ1) is 20.2. The maximum Gasteiger partial charge on any atom is 0.253 e. The second-order valence-corrected chi connectivity index (χ2v) is 6.56. The molecule has 0 radical (unpaired) electrons. The number of aryl methyl sites for hydroxylation is 1. The summed E-state index contributed by atoms with van der Waals surface area (Å²) in [7, 11) is 0. The van der Waals surface area contributed by atoms with Crippen molar-refractivity contribution in [3.63, 3.8) is 0 Å². The van der Waals surface area contributed by atoms with Crippen LogP contribution in [0.2, 0.25) is 0 Å². The third kappa shape index (κ3) is 4.84. The van der Waals surface area contributed by atoms with Crippen molar-refractivity contribution < 1.29 is 9.59 Å².